The topological polar surface area (TPSA) is 95.6 Å². The number of rotatable bonds is 8. The molecular weight excluding hydrogens is 343 g/mol. The van der Waals surface area contributed by atoms with E-state index in [0.717, 1.165) is 11.1 Å². The lowest BCUT2D eigenvalue weighted by Gasteiger charge is -2.16. The van der Waals surface area contributed by atoms with E-state index in [2.05, 4.69) is 5.32 Å². The van der Waals surface area contributed by atoms with Crippen LogP contribution in [0.2, 0.25) is 0 Å². The van der Waals surface area contributed by atoms with Crippen molar-refractivity contribution in [2.45, 2.75) is 18.1 Å². The molecule has 0 atom stereocenters. The first-order valence-corrected chi connectivity index (χ1v) is 8.92. The molecule has 25 heavy (non-hydrogen) atoms. The maximum absolute atomic E-state index is 12.8. The fourth-order valence-electron chi connectivity index (χ4n) is 2.16. The first kappa shape index (κ1) is 19.4. The number of benzene rings is 2. The quantitative estimate of drug-likeness (QED) is 0.532. The third-order valence-corrected chi connectivity index (χ3v) is 4.53. The normalized spacial score (nSPS) is 11.4. The number of nitrogens with two attached hydrogens (primary N) is 1. The summed E-state index contributed by atoms with van der Waals surface area (Å²) in [4.78, 5) is 11.8. The number of halogens is 1. The van der Waals surface area contributed by atoms with Gasteiger partial charge in [-0.1, -0.05) is 36.4 Å². The molecule has 0 spiro atoms. The lowest BCUT2D eigenvalue weighted by atomic mass is 10.1. The highest BCUT2D eigenvalue weighted by Gasteiger charge is 2.18. The molecule has 0 aromatic heterocycles. The van der Waals surface area contributed by atoms with Crippen LogP contribution < -0.4 is 11.1 Å². The van der Waals surface area contributed by atoms with Crippen molar-refractivity contribution in [2.24, 2.45) is 5.73 Å². The third-order valence-electron chi connectivity index (χ3n) is 3.53. The van der Waals surface area contributed by atoms with Crippen molar-refractivity contribution in [3.05, 3.63) is 71.0 Å². The van der Waals surface area contributed by atoms with Gasteiger partial charge in [0.15, 0.2) is 0 Å². The number of carbonyl (C=O) groups is 1. The van der Waals surface area contributed by atoms with Gasteiger partial charge < -0.3 is 15.5 Å². The van der Waals surface area contributed by atoms with Crippen LogP contribution in [0.15, 0.2) is 48.5 Å². The average molecular weight is 364 g/mol. The zero-order valence-electron chi connectivity index (χ0n) is 13.6. The van der Waals surface area contributed by atoms with Gasteiger partial charge in [-0.2, -0.15) is 0 Å². The lowest BCUT2D eigenvalue weighted by Crippen LogP contribution is -2.35. The summed E-state index contributed by atoms with van der Waals surface area (Å²) in [5.41, 5.74) is 7.31. The van der Waals surface area contributed by atoms with Gasteiger partial charge in [0.1, 0.15) is 5.82 Å². The lowest BCUT2D eigenvalue weighted by molar-refractivity contribution is -0.163. The molecule has 2 rings (SSSR count). The highest BCUT2D eigenvalue weighted by Crippen LogP contribution is 2.14. The summed E-state index contributed by atoms with van der Waals surface area (Å²) >= 11 is 1.47. The van der Waals surface area contributed by atoms with Crippen LogP contribution >= 0.6 is 11.8 Å². The molecule has 0 bridgehead atoms. The van der Waals surface area contributed by atoms with Gasteiger partial charge in [-0.15, -0.1) is 11.8 Å². The Labute approximate surface area is 150 Å². The number of aliphatic hydroxyl groups is 2. The molecular formula is C18H21FN2O3S. The first-order chi connectivity index (χ1) is 11.8. The summed E-state index contributed by atoms with van der Waals surface area (Å²) in [6.07, 6.45) is 0.628. The summed E-state index contributed by atoms with van der Waals surface area (Å²) < 4.78 is 12.8. The molecule has 0 aliphatic rings. The van der Waals surface area contributed by atoms with Crippen LogP contribution in [0.25, 0.3) is 0 Å². The summed E-state index contributed by atoms with van der Waals surface area (Å²) in [6, 6.07) is 12.8. The number of carbonyl (C=O) groups excluding carboxylic acids is 1. The molecule has 2 aromatic carbocycles. The van der Waals surface area contributed by atoms with E-state index in [0.29, 0.717) is 24.5 Å². The highest BCUT2D eigenvalue weighted by molar-refractivity contribution is 7.99. The molecule has 0 heterocycles. The Kier molecular flexibility index (Phi) is 6.95. The number of amides is 1. The van der Waals surface area contributed by atoms with Crippen molar-refractivity contribution >= 4 is 17.7 Å². The van der Waals surface area contributed by atoms with Crippen LogP contribution in [0.5, 0.6) is 0 Å². The van der Waals surface area contributed by atoms with E-state index in [4.69, 9.17) is 5.73 Å². The number of nitrogens with one attached hydrogen (secondary N) is 1. The zero-order chi connectivity index (χ0) is 18.3. The first-order valence-electron chi connectivity index (χ1n) is 7.76. The summed E-state index contributed by atoms with van der Waals surface area (Å²) in [7, 11) is 0. The summed E-state index contributed by atoms with van der Waals surface area (Å²) in [5.74, 6) is -1.68. The molecule has 1 amide bonds. The highest BCUT2D eigenvalue weighted by atomic mass is 32.2. The fourth-order valence-corrected chi connectivity index (χ4v) is 2.97. The zero-order valence-corrected chi connectivity index (χ0v) is 14.4. The van der Waals surface area contributed by atoms with Gasteiger partial charge in [0.05, 0.1) is 5.75 Å². The van der Waals surface area contributed by atoms with E-state index < -0.39 is 5.91 Å². The van der Waals surface area contributed by atoms with Crippen molar-refractivity contribution in [1.82, 2.24) is 5.32 Å². The molecule has 0 aliphatic heterocycles. The van der Waals surface area contributed by atoms with Crippen molar-refractivity contribution < 1.29 is 19.4 Å². The monoisotopic (exact) mass is 364 g/mol. The van der Waals surface area contributed by atoms with E-state index in [9.17, 15) is 19.4 Å². The minimum absolute atomic E-state index is 0.0598. The maximum Gasteiger partial charge on any atom is 0.248 e. The Morgan fingerprint density at radius 1 is 1.08 bits per heavy atom. The smallest absolute Gasteiger partial charge is 0.248 e. The van der Waals surface area contributed by atoms with Gasteiger partial charge in [-0.3, -0.25) is 10.5 Å². The van der Waals surface area contributed by atoms with Crippen LogP contribution in [-0.4, -0.2) is 28.4 Å². The summed E-state index contributed by atoms with van der Waals surface area (Å²) in [6.45, 7) is 0.487. The van der Waals surface area contributed by atoms with Crippen molar-refractivity contribution in [3.8, 4) is 0 Å². The third kappa shape index (κ3) is 6.83. The molecule has 2 aromatic rings. The average Bonchev–Trinajstić information content (AvgIpc) is 2.56. The van der Waals surface area contributed by atoms with Crippen molar-refractivity contribution in [2.75, 3.05) is 12.3 Å². The van der Waals surface area contributed by atoms with Gasteiger partial charge in [-0.05, 0) is 29.7 Å². The molecule has 0 aliphatic carbocycles. The van der Waals surface area contributed by atoms with Crippen LogP contribution in [0.3, 0.4) is 0 Å². The molecule has 5 N–H and O–H groups in total. The number of thioether (sulfide) groups is 1. The molecule has 0 saturated carbocycles. The Bertz CT molecular complexity index is 685. The predicted octanol–water partition coefficient (Wildman–Crippen LogP) is 1.47. The second-order valence-electron chi connectivity index (χ2n) is 5.64. The Morgan fingerprint density at radius 3 is 2.28 bits per heavy atom. The SMILES string of the molecule is NC(O)(O)c1ccc(CCNC(=O)CSCc2ccc(F)cc2)cc1. The van der Waals surface area contributed by atoms with E-state index in [1.807, 2.05) is 0 Å². The molecule has 0 radical (unpaired) electrons. The second kappa shape index (κ2) is 8.96. The van der Waals surface area contributed by atoms with Crippen molar-refractivity contribution in [3.63, 3.8) is 0 Å². The Balaban J connectivity index is 1.65. The van der Waals surface area contributed by atoms with E-state index >= 15 is 0 Å². The minimum Gasteiger partial charge on any atom is -0.355 e. The van der Waals surface area contributed by atoms with Gasteiger partial charge in [0, 0.05) is 17.9 Å². The largest absolute Gasteiger partial charge is 0.355 e. The van der Waals surface area contributed by atoms with Crippen molar-refractivity contribution in [1.29, 1.82) is 0 Å². The molecule has 0 unspecified atom stereocenters. The van der Waals surface area contributed by atoms with E-state index in [1.54, 1.807) is 24.3 Å². The van der Waals surface area contributed by atoms with E-state index in [-0.39, 0.29) is 17.3 Å². The predicted molar refractivity (Wildman–Crippen MR) is 96.0 cm³/mol. The van der Waals surface area contributed by atoms with E-state index in [1.165, 1.54) is 36.0 Å². The van der Waals surface area contributed by atoms with Gasteiger partial charge >= 0.3 is 0 Å². The minimum atomic E-state index is -2.34. The van der Waals surface area contributed by atoms with Crippen LogP contribution in [-0.2, 0) is 22.9 Å². The number of hydrogen-bond donors (Lipinski definition) is 4. The Hall–Kier alpha value is -1.93. The maximum atomic E-state index is 12.8. The van der Waals surface area contributed by atoms with Gasteiger partial charge in [0.25, 0.3) is 0 Å². The molecule has 0 saturated heterocycles. The molecule has 134 valence electrons. The van der Waals surface area contributed by atoms with Gasteiger partial charge in [-0.25, -0.2) is 4.39 Å². The standard InChI is InChI=1S/C18H21FN2O3S/c19-16-7-3-14(4-8-16)11-25-12-17(22)21-10-9-13-1-5-15(6-2-13)18(20,23)24/h1-8,23-24H,9-12,20H2,(H,21,22). The second-order valence-corrected chi connectivity index (χ2v) is 6.63. The van der Waals surface area contributed by atoms with Crippen LogP contribution in [0.4, 0.5) is 4.39 Å². The molecule has 5 nitrogen and oxygen atoms in total. The van der Waals surface area contributed by atoms with Crippen LogP contribution in [0.1, 0.15) is 16.7 Å². The molecule has 7 heteroatoms. The Morgan fingerprint density at radius 2 is 1.68 bits per heavy atom. The fraction of sp³-hybridized carbons (Fsp3) is 0.278. The molecule has 0 fully saturated rings. The summed E-state index contributed by atoms with van der Waals surface area (Å²) in [5, 5.41) is 21.4. The van der Waals surface area contributed by atoms with Gasteiger partial charge in [0.2, 0.25) is 11.8 Å². The van der Waals surface area contributed by atoms with Crippen LogP contribution in [0, 0.1) is 5.82 Å². The number of hydrogen-bond acceptors (Lipinski definition) is 5.